The molecule has 70 valence electrons. The van der Waals surface area contributed by atoms with Crippen molar-refractivity contribution in [2.24, 2.45) is 0 Å². The average Bonchev–Trinajstić information content (AvgIpc) is 2.67. The number of alkyl carbamates (subject to hydrolysis) is 1. The Bertz CT molecular complexity index is 175. The fourth-order valence-electron chi connectivity index (χ4n) is 0.934. The maximum Gasteiger partial charge on any atom is 0.407 e. The molecule has 1 amide bonds. The molecular weight excluding hydrogens is 158 g/mol. The van der Waals surface area contributed by atoms with Gasteiger partial charge in [-0.1, -0.05) is 0 Å². The molecule has 0 radical (unpaired) electrons. The van der Waals surface area contributed by atoms with E-state index in [1.165, 1.54) is 0 Å². The summed E-state index contributed by atoms with van der Waals surface area (Å²) in [6.07, 6.45) is 1.14. The number of aliphatic hydroxyl groups excluding tert-OH is 1. The van der Waals surface area contributed by atoms with Crippen molar-refractivity contribution in [3.05, 3.63) is 0 Å². The lowest BCUT2D eigenvalue weighted by molar-refractivity contribution is 0.105. The zero-order valence-electron chi connectivity index (χ0n) is 7.46. The average molecular weight is 173 g/mol. The summed E-state index contributed by atoms with van der Waals surface area (Å²) >= 11 is 0. The lowest BCUT2D eigenvalue weighted by Crippen LogP contribution is -2.40. The Balaban J connectivity index is 2.26. The third kappa shape index (κ3) is 2.37. The van der Waals surface area contributed by atoms with Gasteiger partial charge in [0.1, 0.15) is 0 Å². The van der Waals surface area contributed by atoms with Gasteiger partial charge in [0.05, 0.1) is 18.2 Å². The predicted molar refractivity (Wildman–Crippen MR) is 43.8 cm³/mol. The Morgan fingerprint density at radius 2 is 2.25 bits per heavy atom. The van der Waals surface area contributed by atoms with Crippen LogP contribution in [-0.4, -0.2) is 29.4 Å². The van der Waals surface area contributed by atoms with Gasteiger partial charge in [-0.25, -0.2) is 4.79 Å². The molecule has 0 atom stereocenters. The van der Waals surface area contributed by atoms with Crippen molar-refractivity contribution >= 4 is 6.09 Å². The molecule has 0 aromatic carbocycles. The van der Waals surface area contributed by atoms with E-state index in [9.17, 15) is 4.79 Å². The number of rotatable bonds is 3. The van der Waals surface area contributed by atoms with Crippen LogP contribution in [0.5, 0.6) is 0 Å². The highest BCUT2D eigenvalue weighted by molar-refractivity contribution is 5.69. The zero-order chi connectivity index (χ0) is 9.19. The molecule has 12 heavy (non-hydrogen) atoms. The standard InChI is InChI=1S/C8H15NO3/c1-6(2)12-7(11)9-8(5-10)3-4-8/h6,10H,3-5H2,1-2H3,(H,9,11). The largest absolute Gasteiger partial charge is 0.447 e. The molecule has 1 saturated carbocycles. The minimum absolute atomic E-state index is 0.000194. The van der Waals surface area contributed by atoms with Crippen LogP contribution in [0.15, 0.2) is 0 Å². The van der Waals surface area contributed by atoms with E-state index in [0.717, 1.165) is 12.8 Å². The first-order valence-electron chi connectivity index (χ1n) is 4.18. The first kappa shape index (κ1) is 9.32. The van der Waals surface area contributed by atoms with Crippen molar-refractivity contribution in [3.63, 3.8) is 0 Å². The Morgan fingerprint density at radius 1 is 1.67 bits per heavy atom. The van der Waals surface area contributed by atoms with Crippen molar-refractivity contribution in [3.8, 4) is 0 Å². The van der Waals surface area contributed by atoms with E-state index in [1.807, 2.05) is 0 Å². The molecule has 2 N–H and O–H groups in total. The Morgan fingerprint density at radius 3 is 2.58 bits per heavy atom. The van der Waals surface area contributed by atoms with Crippen molar-refractivity contribution in [2.45, 2.75) is 38.3 Å². The molecular formula is C8H15NO3. The van der Waals surface area contributed by atoms with E-state index < -0.39 is 6.09 Å². The molecule has 0 heterocycles. The molecule has 1 fully saturated rings. The van der Waals surface area contributed by atoms with Gasteiger partial charge in [0.15, 0.2) is 0 Å². The van der Waals surface area contributed by atoms with E-state index in [4.69, 9.17) is 9.84 Å². The van der Waals surface area contributed by atoms with E-state index in [1.54, 1.807) is 13.8 Å². The van der Waals surface area contributed by atoms with Gasteiger partial charge >= 0.3 is 6.09 Å². The van der Waals surface area contributed by atoms with Gasteiger partial charge < -0.3 is 15.2 Å². The number of hydrogen-bond acceptors (Lipinski definition) is 3. The van der Waals surface area contributed by atoms with Gasteiger partial charge in [0.25, 0.3) is 0 Å². The monoisotopic (exact) mass is 173 g/mol. The summed E-state index contributed by atoms with van der Waals surface area (Å²) in [5, 5.41) is 11.5. The fourth-order valence-corrected chi connectivity index (χ4v) is 0.934. The number of ether oxygens (including phenoxy) is 1. The molecule has 1 aliphatic carbocycles. The number of aliphatic hydroxyl groups is 1. The van der Waals surface area contributed by atoms with E-state index in [-0.39, 0.29) is 18.2 Å². The summed E-state index contributed by atoms with van der Waals surface area (Å²) in [7, 11) is 0. The summed E-state index contributed by atoms with van der Waals surface area (Å²) in [5.74, 6) is 0. The van der Waals surface area contributed by atoms with E-state index >= 15 is 0 Å². The fraction of sp³-hybridized carbons (Fsp3) is 0.875. The Hall–Kier alpha value is -0.770. The van der Waals surface area contributed by atoms with Crippen LogP contribution < -0.4 is 5.32 Å². The van der Waals surface area contributed by atoms with Crippen LogP contribution in [0.3, 0.4) is 0 Å². The highest BCUT2D eigenvalue weighted by Crippen LogP contribution is 2.34. The number of carbonyl (C=O) groups is 1. The van der Waals surface area contributed by atoms with Crippen LogP contribution in [0.2, 0.25) is 0 Å². The van der Waals surface area contributed by atoms with Crippen LogP contribution in [0.1, 0.15) is 26.7 Å². The molecule has 0 unspecified atom stereocenters. The van der Waals surface area contributed by atoms with Crippen molar-refractivity contribution in [2.75, 3.05) is 6.61 Å². The molecule has 1 aliphatic rings. The van der Waals surface area contributed by atoms with Gasteiger partial charge in [0, 0.05) is 0 Å². The maximum atomic E-state index is 11.0. The first-order valence-corrected chi connectivity index (χ1v) is 4.18. The van der Waals surface area contributed by atoms with Crippen LogP contribution in [0.4, 0.5) is 4.79 Å². The summed E-state index contributed by atoms with van der Waals surface area (Å²) in [4.78, 5) is 11.0. The van der Waals surface area contributed by atoms with Crippen LogP contribution in [-0.2, 0) is 4.74 Å². The Kier molecular flexibility index (Phi) is 2.57. The van der Waals surface area contributed by atoms with Crippen LogP contribution >= 0.6 is 0 Å². The number of amides is 1. The van der Waals surface area contributed by atoms with Crippen molar-refractivity contribution in [1.29, 1.82) is 0 Å². The highest BCUT2D eigenvalue weighted by Gasteiger charge is 2.44. The lowest BCUT2D eigenvalue weighted by Gasteiger charge is -2.15. The predicted octanol–water partition coefficient (Wildman–Crippen LogP) is 0.646. The van der Waals surface area contributed by atoms with E-state index in [2.05, 4.69) is 5.32 Å². The molecule has 0 aliphatic heterocycles. The Labute approximate surface area is 71.9 Å². The summed E-state index contributed by atoms with van der Waals surface area (Å²) in [5.41, 5.74) is -0.369. The minimum atomic E-state index is -0.434. The normalized spacial score (nSPS) is 19.0. The molecule has 4 heteroatoms. The number of carbonyl (C=O) groups excluding carboxylic acids is 1. The maximum absolute atomic E-state index is 11.0. The van der Waals surface area contributed by atoms with Crippen molar-refractivity contribution in [1.82, 2.24) is 5.32 Å². The third-order valence-corrected chi connectivity index (χ3v) is 1.87. The second kappa shape index (κ2) is 3.31. The molecule has 4 nitrogen and oxygen atoms in total. The SMILES string of the molecule is CC(C)OC(=O)NC1(CO)CC1. The van der Waals surface area contributed by atoms with Gasteiger partial charge in [-0.15, -0.1) is 0 Å². The minimum Gasteiger partial charge on any atom is -0.447 e. The summed E-state index contributed by atoms with van der Waals surface area (Å²) in [6, 6.07) is 0. The molecule has 0 aromatic heterocycles. The smallest absolute Gasteiger partial charge is 0.407 e. The van der Waals surface area contributed by atoms with Gasteiger partial charge in [-0.3, -0.25) is 0 Å². The topological polar surface area (TPSA) is 58.6 Å². The summed E-state index contributed by atoms with van der Waals surface area (Å²) < 4.78 is 4.87. The molecule has 0 saturated heterocycles. The van der Waals surface area contributed by atoms with Crippen molar-refractivity contribution < 1.29 is 14.6 Å². The highest BCUT2D eigenvalue weighted by atomic mass is 16.6. The second-order valence-corrected chi connectivity index (χ2v) is 3.52. The third-order valence-electron chi connectivity index (χ3n) is 1.87. The zero-order valence-corrected chi connectivity index (χ0v) is 7.46. The molecule has 0 spiro atoms. The molecule has 0 aromatic rings. The number of hydrogen-bond donors (Lipinski definition) is 2. The van der Waals surface area contributed by atoms with Gasteiger partial charge in [-0.2, -0.15) is 0 Å². The first-order chi connectivity index (χ1) is 5.58. The van der Waals surface area contributed by atoms with Crippen LogP contribution in [0, 0.1) is 0 Å². The lowest BCUT2D eigenvalue weighted by atomic mass is 10.3. The molecule has 1 rings (SSSR count). The summed E-state index contributed by atoms with van der Waals surface area (Å²) in [6.45, 7) is 3.58. The van der Waals surface area contributed by atoms with Crippen LogP contribution in [0.25, 0.3) is 0 Å². The second-order valence-electron chi connectivity index (χ2n) is 3.52. The van der Waals surface area contributed by atoms with Gasteiger partial charge in [-0.05, 0) is 26.7 Å². The van der Waals surface area contributed by atoms with E-state index in [0.29, 0.717) is 0 Å². The number of nitrogens with one attached hydrogen (secondary N) is 1. The molecule has 0 bridgehead atoms. The van der Waals surface area contributed by atoms with Gasteiger partial charge in [0.2, 0.25) is 0 Å². The quantitative estimate of drug-likeness (QED) is 0.658.